The van der Waals surface area contributed by atoms with Gasteiger partial charge in [-0.2, -0.15) is 0 Å². The van der Waals surface area contributed by atoms with Gasteiger partial charge in [-0.05, 0) is 25.1 Å². The molecule has 21 heavy (non-hydrogen) atoms. The van der Waals surface area contributed by atoms with E-state index in [1.807, 2.05) is 12.1 Å². The normalized spacial score (nSPS) is 14.6. The van der Waals surface area contributed by atoms with Crippen molar-refractivity contribution in [3.63, 3.8) is 0 Å². The zero-order valence-corrected chi connectivity index (χ0v) is 11.5. The van der Waals surface area contributed by atoms with Crippen LogP contribution in [0, 0.1) is 0 Å². The number of pyridine rings is 1. The van der Waals surface area contributed by atoms with Crippen LogP contribution >= 0.6 is 0 Å². The molecule has 0 fully saturated rings. The quantitative estimate of drug-likeness (QED) is 0.829. The highest BCUT2D eigenvalue weighted by atomic mass is 16.5. The molecule has 0 bridgehead atoms. The molecule has 3 rings (SSSR count). The minimum absolute atomic E-state index is 0.224. The van der Waals surface area contributed by atoms with Crippen molar-refractivity contribution in [3.8, 4) is 11.3 Å². The van der Waals surface area contributed by atoms with Gasteiger partial charge in [0.1, 0.15) is 0 Å². The fourth-order valence-electron chi connectivity index (χ4n) is 2.15. The monoisotopic (exact) mass is 284 g/mol. The summed E-state index contributed by atoms with van der Waals surface area (Å²) in [6.07, 6.45) is 6.40. The Bertz CT molecular complexity index is 649. The molecule has 3 heterocycles. The van der Waals surface area contributed by atoms with Crippen LogP contribution < -0.4 is 10.6 Å². The molecule has 0 unspecified atom stereocenters. The first-order chi connectivity index (χ1) is 10.3. The lowest BCUT2D eigenvalue weighted by Gasteiger charge is -2.13. The molecule has 2 N–H and O–H groups in total. The van der Waals surface area contributed by atoms with Crippen LogP contribution in [0.4, 0.5) is 0 Å². The molecule has 0 atom stereocenters. The van der Waals surface area contributed by atoms with E-state index in [0.717, 1.165) is 25.1 Å². The first kappa shape index (κ1) is 13.5. The lowest BCUT2D eigenvalue weighted by atomic mass is 10.1. The topological polar surface area (TPSA) is 80.0 Å². The van der Waals surface area contributed by atoms with Crippen molar-refractivity contribution < 1.29 is 9.32 Å². The minimum atomic E-state index is -0.224. The number of nitrogens with one attached hydrogen (secondary N) is 2. The third-order valence-electron chi connectivity index (χ3n) is 3.34. The summed E-state index contributed by atoms with van der Waals surface area (Å²) in [6.45, 7) is 2.37. The maximum Gasteiger partial charge on any atom is 0.273 e. The van der Waals surface area contributed by atoms with E-state index in [4.69, 9.17) is 4.52 Å². The summed E-state index contributed by atoms with van der Waals surface area (Å²) in [7, 11) is 0. The van der Waals surface area contributed by atoms with Gasteiger partial charge >= 0.3 is 0 Å². The molecule has 0 aliphatic carbocycles. The molecule has 0 spiro atoms. The number of aromatic nitrogens is 2. The molecular formula is C15H16N4O2. The highest BCUT2D eigenvalue weighted by molar-refractivity contribution is 5.93. The number of nitrogens with zero attached hydrogens (tertiary/aromatic N) is 2. The summed E-state index contributed by atoms with van der Waals surface area (Å²) in [4.78, 5) is 16.0. The average molecular weight is 284 g/mol. The van der Waals surface area contributed by atoms with E-state index >= 15 is 0 Å². The summed E-state index contributed by atoms with van der Waals surface area (Å²) in [5, 5.41) is 9.91. The second-order valence-corrected chi connectivity index (χ2v) is 4.81. The lowest BCUT2D eigenvalue weighted by Crippen LogP contribution is -2.29. The number of rotatable bonds is 4. The molecule has 2 aromatic heterocycles. The number of hydrogen-bond donors (Lipinski definition) is 2. The van der Waals surface area contributed by atoms with Crippen molar-refractivity contribution in [2.75, 3.05) is 19.6 Å². The van der Waals surface area contributed by atoms with Crippen LogP contribution in [0.2, 0.25) is 0 Å². The smallest absolute Gasteiger partial charge is 0.273 e. The maximum absolute atomic E-state index is 12.0. The third kappa shape index (κ3) is 3.35. The Hall–Kier alpha value is -2.47. The van der Waals surface area contributed by atoms with E-state index < -0.39 is 0 Å². The van der Waals surface area contributed by atoms with Gasteiger partial charge in [-0.25, -0.2) is 0 Å². The van der Waals surface area contributed by atoms with Crippen LogP contribution in [0.3, 0.4) is 0 Å². The van der Waals surface area contributed by atoms with Gasteiger partial charge in [0.15, 0.2) is 11.5 Å². The van der Waals surface area contributed by atoms with Crippen LogP contribution in [0.5, 0.6) is 0 Å². The van der Waals surface area contributed by atoms with Crippen LogP contribution in [0.15, 0.2) is 46.8 Å². The summed E-state index contributed by atoms with van der Waals surface area (Å²) in [5.41, 5.74) is 2.37. The maximum atomic E-state index is 12.0. The second kappa shape index (κ2) is 6.32. The number of amides is 1. The molecule has 0 saturated heterocycles. The highest BCUT2D eigenvalue weighted by Gasteiger charge is 2.14. The van der Waals surface area contributed by atoms with E-state index in [9.17, 15) is 4.79 Å². The highest BCUT2D eigenvalue weighted by Crippen LogP contribution is 2.19. The molecule has 0 radical (unpaired) electrons. The van der Waals surface area contributed by atoms with E-state index in [0.29, 0.717) is 12.3 Å². The molecule has 0 aromatic carbocycles. The van der Waals surface area contributed by atoms with Crippen molar-refractivity contribution in [1.29, 1.82) is 0 Å². The predicted octanol–water partition coefficient (Wildman–Crippen LogP) is 1.39. The van der Waals surface area contributed by atoms with Gasteiger partial charge in [-0.15, -0.1) is 0 Å². The molecule has 0 saturated carbocycles. The van der Waals surface area contributed by atoms with Gasteiger partial charge in [-0.3, -0.25) is 9.78 Å². The minimum Gasteiger partial charge on any atom is -0.355 e. The Morgan fingerprint density at radius 1 is 1.38 bits per heavy atom. The Morgan fingerprint density at radius 3 is 3.00 bits per heavy atom. The van der Waals surface area contributed by atoms with E-state index in [1.54, 1.807) is 18.5 Å². The van der Waals surface area contributed by atoms with E-state index in [1.165, 1.54) is 5.57 Å². The molecule has 1 amide bonds. The Labute approximate surface area is 122 Å². The first-order valence-corrected chi connectivity index (χ1v) is 6.87. The van der Waals surface area contributed by atoms with Gasteiger partial charge < -0.3 is 15.2 Å². The lowest BCUT2D eigenvalue weighted by molar-refractivity contribution is 0.0947. The Balaban J connectivity index is 1.63. The van der Waals surface area contributed by atoms with E-state index in [2.05, 4.69) is 26.9 Å². The van der Waals surface area contributed by atoms with Crippen molar-refractivity contribution >= 4 is 5.91 Å². The van der Waals surface area contributed by atoms with E-state index in [-0.39, 0.29) is 11.6 Å². The fourth-order valence-corrected chi connectivity index (χ4v) is 2.15. The molecule has 1 aliphatic heterocycles. The number of carbonyl (C=O) groups is 1. The zero-order chi connectivity index (χ0) is 14.5. The third-order valence-corrected chi connectivity index (χ3v) is 3.34. The van der Waals surface area contributed by atoms with Gasteiger partial charge in [0.2, 0.25) is 0 Å². The first-order valence-electron chi connectivity index (χ1n) is 6.87. The van der Waals surface area contributed by atoms with Crippen molar-refractivity contribution in [2.45, 2.75) is 6.42 Å². The molecule has 6 nitrogen and oxygen atoms in total. The molecule has 108 valence electrons. The summed E-state index contributed by atoms with van der Waals surface area (Å²) >= 11 is 0. The van der Waals surface area contributed by atoms with Gasteiger partial charge in [0.25, 0.3) is 5.91 Å². The molecule has 2 aromatic rings. The van der Waals surface area contributed by atoms with Crippen LogP contribution in [-0.4, -0.2) is 35.7 Å². The van der Waals surface area contributed by atoms with Gasteiger partial charge in [0, 0.05) is 37.1 Å². The SMILES string of the molecule is O=C(NCC1=CCNCC1)c1cc(-c2ccncc2)on1. The average Bonchev–Trinajstić information content (AvgIpc) is 3.04. The fraction of sp³-hybridized carbons (Fsp3) is 0.267. The van der Waals surface area contributed by atoms with Crippen molar-refractivity contribution in [1.82, 2.24) is 20.8 Å². The van der Waals surface area contributed by atoms with Gasteiger partial charge in [-0.1, -0.05) is 16.8 Å². The zero-order valence-electron chi connectivity index (χ0n) is 11.5. The van der Waals surface area contributed by atoms with Crippen LogP contribution in [-0.2, 0) is 0 Å². The van der Waals surface area contributed by atoms with Crippen molar-refractivity contribution in [2.24, 2.45) is 0 Å². The molecule has 6 heteroatoms. The summed E-state index contributed by atoms with van der Waals surface area (Å²) in [6, 6.07) is 5.26. The Kier molecular flexibility index (Phi) is 4.07. The summed E-state index contributed by atoms with van der Waals surface area (Å²) in [5.74, 6) is 0.335. The Morgan fingerprint density at radius 2 is 2.24 bits per heavy atom. The number of hydrogen-bond acceptors (Lipinski definition) is 5. The van der Waals surface area contributed by atoms with Crippen LogP contribution in [0.25, 0.3) is 11.3 Å². The molecule has 1 aliphatic rings. The molecular weight excluding hydrogens is 268 g/mol. The second-order valence-electron chi connectivity index (χ2n) is 4.81. The summed E-state index contributed by atoms with van der Waals surface area (Å²) < 4.78 is 5.20. The van der Waals surface area contributed by atoms with Crippen molar-refractivity contribution in [3.05, 3.63) is 47.9 Å². The predicted molar refractivity (Wildman–Crippen MR) is 77.6 cm³/mol. The van der Waals surface area contributed by atoms with Crippen LogP contribution in [0.1, 0.15) is 16.9 Å². The standard InChI is InChI=1S/C15H16N4O2/c20-15(18-10-11-1-5-16-6-2-11)13-9-14(21-19-13)12-3-7-17-8-4-12/h1,3-4,7-9,16H,2,5-6,10H2,(H,18,20). The van der Waals surface area contributed by atoms with Gasteiger partial charge in [0.05, 0.1) is 0 Å². The largest absolute Gasteiger partial charge is 0.355 e. The number of carbonyl (C=O) groups excluding carboxylic acids is 1.